The van der Waals surface area contributed by atoms with Crippen LogP contribution in [0.2, 0.25) is 5.02 Å². The van der Waals surface area contributed by atoms with Crippen molar-refractivity contribution in [3.05, 3.63) is 41.0 Å². The molecule has 1 aliphatic heterocycles. The number of nitrogens with zero attached hydrogens (tertiary/aromatic N) is 1. The van der Waals surface area contributed by atoms with Crippen molar-refractivity contribution in [3.8, 4) is 23.1 Å². The van der Waals surface area contributed by atoms with E-state index in [4.69, 9.17) is 30.5 Å². The van der Waals surface area contributed by atoms with Crippen molar-refractivity contribution >= 4 is 17.5 Å². The molecule has 0 aliphatic carbocycles. The van der Waals surface area contributed by atoms with Gasteiger partial charge in [0.2, 0.25) is 12.7 Å². The van der Waals surface area contributed by atoms with Crippen LogP contribution in [-0.4, -0.2) is 48.2 Å². The number of rotatable bonds is 8. The summed E-state index contributed by atoms with van der Waals surface area (Å²) in [5, 5.41) is 12.9. The fourth-order valence-corrected chi connectivity index (χ4v) is 2.60. The lowest BCUT2D eigenvalue weighted by molar-refractivity contribution is 0.0843. The molecule has 0 fully saturated rings. The molecule has 9 heteroatoms. The average Bonchev–Trinajstić information content (AvgIpc) is 3.13. The molecule has 1 aromatic carbocycles. The van der Waals surface area contributed by atoms with Crippen molar-refractivity contribution in [3.63, 3.8) is 0 Å². The van der Waals surface area contributed by atoms with Crippen molar-refractivity contribution in [1.82, 2.24) is 10.3 Å². The third-order valence-electron chi connectivity index (χ3n) is 3.70. The van der Waals surface area contributed by atoms with E-state index in [-0.39, 0.29) is 42.5 Å². The van der Waals surface area contributed by atoms with Gasteiger partial charge in [0.1, 0.15) is 23.5 Å². The Hall–Kier alpha value is -2.71. The molecule has 28 heavy (non-hydrogen) atoms. The zero-order valence-electron chi connectivity index (χ0n) is 15.5. The van der Waals surface area contributed by atoms with E-state index >= 15 is 0 Å². The average molecular weight is 409 g/mol. The van der Waals surface area contributed by atoms with E-state index in [1.54, 1.807) is 18.2 Å². The lowest BCUT2D eigenvalue weighted by atomic mass is 10.2. The Morgan fingerprint density at radius 3 is 2.86 bits per heavy atom. The number of amides is 1. The van der Waals surface area contributed by atoms with Crippen molar-refractivity contribution < 1.29 is 28.8 Å². The smallest absolute Gasteiger partial charge is 0.252 e. The summed E-state index contributed by atoms with van der Waals surface area (Å²) in [7, 11) is 0. The SMILES string of the molecule is CC(C)Oc1ncc(C(=O)NCC(O)COc2ccc3c(c2)OCO3)cc1Cl. The molecule has 2 N–H and O–H groups in total. The van der Waals surface area contributed by atoms with Crippen molar-refractivity contribution in [2.45, 2.75) is 26.1 Å². The second-order valence-corrected chi connectivity index (χ2v) is 6.77. The monoisotopic (exact) mass is 408 g/mol. The molecule has 1 amide bonds. The summed E-state index contributed by atoms with van der Waals surface area (Å²) < 4.78 is 21.4. The third kappa shape index (κ3) is 5.17. The minimum Gasteiger partial charge on any atom is -0.491 e. The number of carbonyl (C=O) groups excluding carboxylic acids is 1. The van der Waals surface area contributed by atoms with Crippen LogP contribution in [0.1, 0.15) is 24.2 Å². The number of aromatic nitrogens is 1. The van der Waals surface area contributed by atoms with Gasteiger partial charge in [0.25, 0.3) is 5.91 Å². The minimum atomic E-state index is -0.902. The number of ether oxygens (including phenoxy) is 4. The molecule has 1 atom stereocenters. The summed E-state index contributed by atoms with van der Waals surface area (Å²) in [4.78, 5) is 16.3. The second kappa shape index (κ2) is 8.99. The summed E-state index contributed by atoms with van der Waals surface area (Å²) in [5.74, 6) is 1.64. The molecule has 2 aromatic rings. The summed E-state index contributed by atoms with van der Waals surface area (Å²) >= 11 is 6.08. The molecule has 1 aliphatic rings. The van der Waals surface area contributed by atoms with E-state index in [0.29, 0.717) is 17.2 Å². The van der Waals surface area contributed by atoms with Crippen molar-refractivity contribution in [1.29, 1.82) is 0 Å². The summed E-state index contributed by atoms with van der Waals surface area (Å²) in [6.07, 6.45) is 0.389. The highest BCUT2D eigenvalue weighted by Gasteiger charge is 2.16. The first-order chi connectivity index (χ1) is 13.4. The molecule has 0 radical (unpaired) electrons. The third-order valence-corrected chi connectivity index (χ3v) is 3.97. The van der Waals surface area contributed by atoms with Crippen molar-refractivity contribution in [2.75, 3.05) is 19.9 Å². The topological polar surface area (TPSA) is 99.1 Å². The maximum absolute atomic E-state index is 12.2. The van der Waals surface area contributed by atoms with E-state index in [9.17, 15) is 9.90 Å². The Bertz CT molecular complexity index is 845. The van der Waals surface area contributed by atoms with Gasteiger partial charge in [-0.05, 0) is 32.0 Å². The van der Waals surface area contributed by atoms with E-state index in [0.717, 1.165) is 0 Å². The predicted molar refractivity (Wildman–Crippen MR) is 101 cm³/mol. The molecule has 1 unspecified atom stereocenters. The molecule has 3 rings (SSSR count). The van der Waals surface area contributed by atoms with Gasteiger partial charge in [0, 0.05) is 18.8 Å². The number of hydrogen-bond donors (Lipinski definition) is 2. The normalized spacial score (nSPS) is 13.3. The van der Waals surface area contributed by atoms with Gasteiger partial charge >= 0.3 is 0 Å². The quantitative estimate of drug-likeness (QED) is 0.692. The van der Waals surface area contributed by atoms with Crippen LogP contribution in [0.15, 0.2) is 30.5 Å². The lowest BCUT2D eigenvalue weighted by Crippen LogP contribution is -2.35. The first kappa shape index (κ1) is 20.0. The molecule has 0 saturated carbocycles. The largest absolute Gasteiger partial charge is 0.491 e. The van der Waals surface area contributed by atoms with E-state index in [2.05, 4.69) is 10.3 Å². The van der Waals surface area contributed by atoms with Gasteiger partial charge in [0.15, 0.2) is 11.5 Å². The number of halogens is 1. The van der Waals surface area contributed by atoms with Crippen LogP contribution in [0, 0.1) is 0 Å². The van der Waals surface area contributed by atoms with E-state index in [1.807, 2.05) is 13.8 Å². The van der Waals surface area contributed by atoms with Gasteiger partial charge in [-0.1, -0.05) is 11.6 Å². The van der Waals surface area contributed by atoms with Gasteiger partial charge < -0.3 is 29.4 Å². The molecule has 0 spiro atoms. The molecule has 150 valence electrons. The molecule has 0 saturated heterocycles. The Morgan fingerprint density at radius 1 is 1.32 bits per heavy atom. The van der Waals surface area contributed by atoms with Crippen LogP contribution in [0.25, 0.3) is 0 Å². The standard InChI is InChI=1S/C19H21ClN2O6/c1-11(2)28-19-15(20)5-12(7-22-19)18(24)21-8-13(23)9-25-14-3-4-16-17(6-14)27-10-26-16/h3-7,11,13,23H,8-10H2,1-2H3,(H,21,24). The first-order valence-electron chi connectivity index (χ1n) is 8.73. The fraction of sp³-hybridized carbons (Fsp3) is 0.368. The van der Waals surface area contributed by atoms with Gasteiger partial charge in [-0.15, -0.1) is 0 Å². The summed E-state index contributed by atoms with van der Waals surface area (Å²) in [5.41, 5.74) is 0.269. The summed E-state index contributed by atoms with van der Waals surface area (Å²) in [6.45, 7) is 3.89. The number of fused-ring (bicyclic) bond motifs is 1. The fourth-order valence-electron chi connectivity index (χ4n) is 2.39. The zero-order chi connectivity index (χ0) is 20.1. The highest BCUT2D eigenvalue weighted by molar-refractivity contribution is 6.32. The maximum Gasteiger partial charge on any atom is 0.252 e. The number of carbonyl (C=O) groups is 1. The van der Waals surface area contributed by atoms with Crippen LogP contribution in [0.5, 0.6) is 23.1 Å². The van der Waals surface area contributed by atoms with Gasteiger partial charge in [0.05, 0.1) is 11.7 Å². The van der Waals surface area contributed by atoms with Crippen LogP contribution < -0.4 is 24.3 Å². The first-order valence-corrected chi connectivity index (χ1v) is 9.11. The predicted octanol–water partition coefficient (Wildman–Crippen LogP) is 2.42. The Kier molecular flexibility index (Phi) is 6.43. The van der Waals surface area contributed by atoms with Gasteiger partial charge in [-0.3, -0.25) is 4.79 Å². The molecule has 8 nitrogen and oxygen atoms in total. The summed E-state index contributed by atoms with van der Waals surface area (Å²) in [6, 6.07) is 6.60. The van der Waals surface area contributed by atoms with E-state index < -0.39 is 12.0 Å². The zero-order valence-corrected chi connectivity index (χ0v) is 16.2. The molecular formula is C19H21ClN2O6. The number of aliphatic hydroxyl groups is 1. The van der Waals surface area contributed by atoms with Crippen LogP contribution in [-0.2, 0) is 0 Å². The van der Waals surface area contributed by atoms with Gasteiger partial charge in [-0.25, -0.2) is 4.98 Å². The maximum atomic E-state index is 12.2. The van der Waals surface area contributed by atoms with Crippen LogP contribution in [0.4, 0.5) is 0 Å². The minimum absolute atomic E-state index is 0.0000955. The van der Waals surface area contributed by atoms with Gasteiger partial charge in [-0.2, -0.15) is 0 Å². The molecular weight excluding hydrogens is 388 g/mol. The highest BCUT2D eigenvalue weighted by Crippen LogP contribution is 2.35. The van der Waals surface area contributed by atoms with Crippen LogP contribution in [0.3, 0.4) is 0 Å². The Morgan fingerprint density at radius 2 is 2.11 bits per heavy atom. The van der Waals surface area contributed by atoms with Crippen molar-refractivity contribution in [2.24, 2.45) is 0 Å². The number of aliphatic hydroxyl groups excluding tert-OH is 1. The number of hydrogen-bond acceptors (Lipinski definition) is 7. The molecule has 0 bridgehead atoms. The Labute approximate surface area is 167 Å². The second-order valence-electron chi connectivity index (χ2n) is 6.37. The van der Waals surface area contributed by atoms with Crippen LogP contribution >= 0.6 is 11.6 Å². The molecule has 1 aromatic heterocycles. The number of benzene rings is 1. The van der Waals surface area contributed by atoms with E-state index in [1.165, 1.54) is 12.3 Å². The number of nitrogens with one attached hydrogen (secondary N) is 1. The highest BCUT2D eigenvalue weighted by atomic mass is 35.5. The molecule has 2 heterocycles. The lowest BCUT2D eigenvalue weighted by Gasteiger charge is -2.14. The Balaban J connectivity index is 1.47. The number of pyridine rings is 1.